The summed E-state index contributed by atoms with van der Waals surface area (Å²) in [5.41, 5.74) is 16.3. The number of aromatic nitrogens is 2. The Hall–Kier alpha value is -5.58. The van der Waals surface area contributed by atoms with Crippen molar-refractivity contribution in [3.63, 3.8) is 0 Å². The Labute approximate surface area is 249 Å². The molecule has 4 N–H and O–H groups in total. The van der Waals surface area contributed by atoms with Gasteiger partial charge in [0.1, 0.15) is 11.9 Å². The molecule has 1 aliphatic rings. The van der Waals surface area contributed by atoms with Crippen LogP contribution in [0.3, 0.4) is 0 Å². The van der Waals surface area contributed by atoms with Gasteiger partial charge in [0.05, 0.1) is 40.2 Å². The van der Waals surface area contributed by atoms with E-state index in [1.807, 2.05) is 42.5 Å². The molecular formula is C32H32N6O5. The zero-order valence-electron chi connectivity index (χ0n) is 24.3. The number of hydrogen-bond donors (Lipinski definition) is 2. The van der Waals surface area contributed by atoms with Gasteiger partial charge in [-0.05, 0) is 41.0 Å². The van der Waals surface area contributed by atoms with Gasteiger partial charge in [0, 0.05) is 36.0 Å². The summed E-state index contributed by atoms with van der Waals surface area (Å²) >= 11 is 0. The average molecular weight is 581 g/mol. The van der Waals surface area contributed by atoms with Gasteiger partial charge in [-0.1, -0.05) is 30.3 Å². The van der Waals surface area contributed by atoms with E-state index in [4.69, 9.17) is 30.4 Å². The third-order valence-electron chi connectivity index (χ3n) is 7.10. The third-order valence-corrected chi connectivity index (χ3v) is 7.10. The van der Waals surface area contributed by atoms with E-state index < -0.39 is 0 Å². The predicted molar refractivity (Wildman–Crippen MR) is 164 cm³/mol. The highest BCUT2D eigenvalue weighted by Crippen LogP contribution is 2.39. The van der Waals surface area contributed by atoms with Crippen molar-refractivity contribution < 1.29 is 23.7 Å². The molecule has 0 fully saturated rings. The zero-order chi connectivity index (χ0) is 30.5. The predicted octanol–water partition coefficient (Wildman–Crippen LogP) is 4.40. The van der Waals surface area contributed by atoms with Gasteiger partial charge >= 0.3 is 0 Å². The molecule has 0 aliphatic carbocycles. The minimum absolute atomic E-state index is 0.0870. The van der Waals surface area contributed by atoms with Crippen molar-refractivity contribution >= 4 is 23.8 Å². The Kier molecular flexibility index (Phi) is 8.42. The first-order chi connectivity index (χ1) is 20.9. The maximum absolute atomic E-state index is 13.7. The van der Waals surface area contributed by atoms with E-state index in [0.717, 1.165) is 22.3 Å². The topological polar surface area (TPSA) is 147 Å². The molecule has 1 aliphatic heterocycles. The molecule has 5 rings (SSSR count). The minimum atomic E-state index is -0.332. The molecule has 1 unspecified atom stereocenters. The number of carbonyl (C=O) groups excluding carboxylic acids is 1. The van der Waals surface area contributed by atoms with Crippen molar-refractivity contribution in [2.24, 2.45) is 5.10 Å². The number of ketones is 1. The number of rotatable bonds is 10. The molecule has 1 aromatic heterocycles. The van der Waals surface area contributed by atoms with Crippen LogP contribution in [0.1, 0.15) is 44.2 Å². The Morgan fingerprint density at radius 3 is 2.42 bits per heavy atom. The fraction of sp³-hybridized carbons (Fsp3) is 0.188. The van der Waals surface area contributed by atoms with Crippen molar-refractivity contribution in [3.05, 3.63) is 106 Å². The van der Waals surface area contributed by atoms with Crippen LogP contribution >= 0.6 is 0 Å². The fourth-order valence-electron chi connectivity index (χ4n) is 5.03. The number of nitrogen functional groups attached to an aromatic ring is 2. The molecule has 4 aromatic rings. The molecular weight excluding hydrogens is 548 g/mol. The number of nitrogens with zero attached hydrogens (tertiary/aromatic N) is 4. The molecule has 0 radical (unpaired) electrons. The van der Waals surface area contributed by atoms with Gasteiger partial charge in [-0.25, -0.2) is 4.98 Å². The molecule has 0 bridgehead atoms. The van der Waals surface area contributed by atoms with Crippen molar-refractivity contribution in [1.29, 1.82) is 0 Å². The summed E-state index contributed by atoms with van der Waals surface area (Å²) in [6, 6.07) is 16.9. The normalized spacial score (nSPS) is 14.0. The van der Waals surface area contributed by atoms with Crippen molar-refractivity contribution in [2.75, 3.05) is 39.9 Å². The van der Waals surface area contributed by atoms with E-state index in [0.29, 0.717) is 40.5 Å². The lowest BCUT2D eigenvalue weighted by Crippen LogP contribution is -2.25. The molecule has 0 saturated carbocycles. The molecule has 11 heteroatoms. The summed E-state index contributed by atoms with van der Waals surface area (Å²) in [5.74, 6) is 1.96. The Morgan fingerprint density at radius 2 is 1.70 bits per heavy atom. The highest BCUT2D eigenvalue weighted by atomic mass is 16.5. The maximum atomic E-state index is 13.7. The second kappa shape index (κ2) is 12.5. The van der Waals surface area contributed by atoms with Crippen LogP contribution < -0.4 is 30.4 Å². The molecule has 2 heterocycles. The SMILES string of the molecule is COc1ccc(C2c3ccccc3C=NN2/C=C/C(=O)c2cc(Cc3cnc(N)nc3N)cc(OC)c2OC)cc1OC. The Bertz CT molecular complexity index is 1720. The first-order valence-electron chi connectivity index (χ1n) is 13.3. The lowest BCUT2D eigenvalue weighted by molar-refractivity contribution is 0.104. The number of hydrogen-bond acceptors (Lipinski definition) is 11. The van der Waals surface area contributed by atoms with Crippen LogP contribution in [0.5, 0.6) is 23.0 Å². The monoisotopic (exact) mass is 580 g/mol. The molecule has 43 heavy (non-hydrogen) atoms. The van der Waals surface area contributed by atoms with E-state index in [-0.39, 0.29) is 23.6 Å². The smallest absolute Gasteiger partial charge is 0.221 e. The molecule has 0 saturated heterocycles. The van der Waals surface area contributed by atoms with E-state index in [2.05, 4.69) is 15.1 Å². The number of fused-ring (bicyclic) bond motifs is 1. The largest absolute Gasteiger partial charge is 0.493 e. The summed E-state index contributed by atoms with van der Waals surface area (Å²) in [6.07, 6.45) is 6.80. The van der Waals surface area contributed by atoms with E-state index >= 15 is 0 Å². The van der Waals surface area contributed by atoms with Crippen molar-refractivity contribution in [3.8, 4) is 23.0 Å². The fourth-order valence-corrected chi connectivity index (χ4v) is 5.03. The third kappa shape index (κ3) is 5.91. The van der Waals surface area contributed by atoms with Crippen molar-refractivity contribution in [1.82, 2.24) is 15.0 Å². The molecule has 0 amide bonds. The molecule has 11 nitrogen and oxygen atoms in total. The van der Waals surface area contributed by atoms with E-state index in [9.17, 15) is 4.79 Å². The summed E-state index contributed by atoms with van der Waals surface area (Å²) in [5, 5.41) is 6.40. The minimum Gasteiger partial charge on any atom is -0.493 e. The summed E-state index contributed by atoms with van der Waals surface area (Å²) < 4.78 is 22.2. The van der Waals surface area contributed by atoms with Gasteiger partial charge in [-0.15, -0.1) is 0 Å². The van der Waals surface area contributed by atoms with Crippen LogP contribution in [-0.4, -0.2) is 55.4 Å². The zero-order valence-corrected chi connectivity index (χ0v) is 24.3. The number of ether oxygens (including phenoxy) is 4. The van der Waals surface area contributed by atoms with E-state index in [1.165, 1.54) is 20.3 Å². The van der Waals surface area contributed by atoms with Gasteiger partial charge in [0.25, 0.3) is 0 Å². The standard InChI is InChI=1S/C32H32N6O5/c1-40-26-10-9-20(16-27(26)41-2)29-23-8-6-5-7-21(23)18-36-38(29)12-11-25(39)24-14-19(15-28(42-3)30(24)43-4)13-22-17-35-32(34)37-31(22)33/h5-12,14-18,29H,13H2,1-4H3,(H4,33,34,35,37)/b12-11+. The van der Waals surface area contributed by atoms with Gasteiger partial charge in [-0.3, -0.25) is 9.80 Å². The summed E-state index contributed by atoms with van der Waals surface area (Å²) in [6.45, 7) is 0. The quantitative estimate of drug-likeness (QED) is 0.204. The summed E-state index contributed by atoms with van der Waals surface area (Å²) in [4.78, 5) is 21.8. The Balaban J connectivity index is 1.51. The lowest BCUT2D eigenvalue weighted by atomic mass is 9.93. The van der Waals surface area contributed by atoms with Crippen molar-refractivity contribution in [2.45, 2.75) is 12.5 Å². The average Bonchev–Trinajstić information content (AvgIpc) is 3.03. The van der Waals surface area contributed by atoms with Gasteiger partial charge in [0.15, 0.2) is 28.8 Å². The maximum Gasteiger partial charge on any atom is 0.221 e. The van der Waals surface area contributed by atoms with Crippen LogP contribution in [0.15, 0.2) is 78.2 Å². The van der Waals surface area contributed by atoms with Crippen LogP contribution in [0.4, 0.5) is 11.8 Å². The number of hydrazone groups is 1. The van der Waals surface area contributed by atoms with Crippen LogP contribution in [0, 0.1) is 0 Å². The van der Waals surface area contributed by atoms with Gasteiger partial charge in [0.2, 0.25) is 5.95 Å². The number of methoxy groups -OCH3 is 4. The first kappa shape index (κ1) is 28.9. The van der Waals surface area contributed by atoms with Gasteiger partial charge < -0.3 is 30.4 Å². The Morgan fingerprint density at radius 1 is 0.930 bits per heavy atom. The molecule has 1 atom stereocenters. The van der Waals surface area contributed by atoms with Gasteiger partial charge in [-0.2, -0.15) is 10.1 Å². The summed E-state index contributed by atoms with van der Waals surface area (Å²) in [7, 11) is 6.19. The number of carbonyl (C=O) groups is 1. The first-order valence-corrected chi connectivity index (χ1v) is 13.3. The highest BCUT2D eigenvalue weighted by Gasteiger charge is 2.27. The number of nitrogens with two attached hydrogens (primary N) is 2. The highest BCUT2D eigenvalue weighted by molar-refractivity contribution is 6.07. The molecule has 220 valence electrons. The van der Waals surface area contributed by atoms with E-state index in [1.54, 1.807) is 50.0 Å². The number of anilines is 2. The van der Waals surface area contributed by atoms with Crippen LogP contribution in [0.2, 0.25) is 0 Å². The van der Waals surface area contributed by atoms with Crippen LogP contribution in [0.25, 0.3) is 0 Å². The lowest BCUT2D eigenvalue weighted by Gasteiger charge is -2.31. The molecule has 3 aromatic carbocycles. The number of benzene rings is 3. The molecule has 0 spiro atoms. The second-order valence-electron chi connectivity index (χ2n) is 9.64. The number of allylic oxidation sites excluding steroid dienone is 1. The van der Waals surface area contributed by atoms with Crippen LogP contribution in [-0.2, 0) is 6.42 Å². The second-order valence-corrected chi connectivity index (χ2v) is 9.64.